The van der Waals surface area contributed by atoms with Crippen LogP contribution in [-0.2, 0) is 10.9 Å². The summed E-state index contributed by atoms with van der Waals surface area (Å²) >= 11 is 0. The van der Waals surface area contributed by atoms with Gasteiger partial charge < -0.3 is 0 Å². The van der Waals surface area contributed by atoms with Crippen LogP contribution in [0.2, 0.25) is 0 Å². The van der Waals surface area contributed by atoms with Gasteiger partial charge in [-0.15, -0.1) is 0 Å². The Labute approximate surface area is 67.7 Å². The Bertz CT molecular complexity index is 84.7. The molecule has 0 aliphatic heterocycles. The molecule has 1 saturated carbocycles. The summed E-state index contributed by atoms with van der Waals surface area (Å²) in [5.74, 6) is 1.41. The molecule has 0 N–H and O–H groups in total. The molecule has 1 aliphatic rings. The maximum absolute atomic E-state index is 2.44. The summed E-state index contributed by atoms with van der Waals surface area (Å²) in [6, 6.07) is 0. The van der Waals surface area contributed by atoms with E-state index >= 15 is 0 Å². The lowest BCUT2D eigenvalue weighted by Crippen LogP contribution is -2.24. The van der Waals surface area contributed by atoms with Gasteiger partial charge >= 0.3 is 0 Å². The van der Waals surface area contributed by atoms with E-state index in [1.807, 2.05) is 0 Å². The van der Waals surface area contributed by atoms with Gasteiger partial charge in [-0.3, -0.25) is 0 Å². The van der Waals surface area contributed by atoms with E-state index < -0.39 is 0 Å². The van der Waals surface area contributed by atoms with E-state index in [1.54, 1.807) is 0 Å². The van der Waals surface area contributed by atoms with Crippen LogP contribution in [0.1, 0.15) is 39.0 Å². The molecule has 1 fully saturated rings. The Morgan fingerprint density at radius 1 is 1.20 bits per heavy atom. The van der Waals surface area contributed by atoms with Gasteiger partial charge in [0, 0.05) is 0 Å². The van der Waals surface area contributed by atoms with E-state index in [2.05, 4.69) is 13.2 Å². The molecule has 0 radical (unpaired) electrons. The van der Waals surface area contributed by atoms with Gasteiger partial charge in [0.25, 0.3) is 0 Å². The lowest BCUT2D eigenvalue weighted by Gasteiger charge is -2.19. The van der Waals surface area contributed by atoms with Gasteiger partial charge in [-0.05, 0) is 43.5 Å². The molecule has 1 heteroatoms. The molecule has 0 aromatic carbocycles. The van der Waals surface area contributed by atoms with Crippen LogP contribution in [0.15, 0.2) is 0 Å². The average Bonchev–Trinajstić information content (AvgIpc) is 2.05. The Hall–Kier alpha value is 0.350. The van der Waals surface area contributed by atoms with Crippen molar-refractivity contribution in [1.29, 1.82) is 0 Å². The first-order valence-electron chi connectivity index (χ1n) is 4.46. The van der Waals surface area contributed by atoms with E-state index in [0.717, 1.165) is 16.1 Å². The zero-order chi connectivity index (χ0) is 7.40. The van der Waals surface area contributed by atoms with Crippen LogP contribution in [0.3, 0.4) is 0 Å². The van der Waals surface area contributed by atoms with E-state index in [0.29, 0.717) is 0 Å². The van der Waals surface area contributed by atoms with Crippen molar-refractivity contribution in [2.45, 2.75) is 44.3 Å². The summed E-state index contributed by atoms with van der Waals surface area (Å²) < 4.78 is 0. The monoisotopic (exact) mass is 159 g/mol. The normalized spacial score (nSPS) is 24.6. The Balaban J connectivity index is 2.24. The molecule has 1 atom stereocenters. The molecule has 10 heavy (non-hydrogen) atoms. The minimum Gasteiger partial charge on any atom is -0.0529 e. The average molecular weight is 159 g/mol. The second kappa shape index (κ2) is 4.27. The second-order valence-corrected chi connectivity index (χ2v) is 5.87. The SMILES string of the molecule is CC[S+](C)C1CCCCC1. The molecule has 0 heterocycles. The number of hydrogen-bond donors (Lipinski definition) is 0. The molecule has 60 valence electrons. The highest BCUT2D eigenvalue weighted by Gasteiger charge is 2.25. The van der Waals surface area contributed by atoms with Crippen molar-refractivity contribution in [3.8, 4) is 0 Å². The van der Waals surface area contributed by atoms with Crippen LogP contribution in [0.25, 0.3) is 0 Å². The maximum Gasteiger partial charge on any atom is 0.118 e. The molecule has 1 unspecified atom stereocenters. The summed E-state index contributed by atoms with van der Waals surface area (Å²) in [6.07, 6.45) is 9.98. The topological polar surface area (TPSA) is 0 Å². The third kappa shape index (κ3) is 2.19. The van der Waals surface area contributed by atoms with Crippen LogP contribution < -0.4 is 0 Å². The zero-order valence-corrected chi connectivity index (χ0v) is 8.04. The highest BCUT2D eigenvalue weighted by molar-refractivity contribution is 7.96. The van der Waals surface area contributed by atoms with Crippen molar-refractivity contribution in [3.05, 3.63) is 0 Å². The molecule has 0 aromatic heterocycles. The standard InChI is InChI=1S/C9H19S/c1-3-10(2)9-7-5-4-6-8-9/h9H,3-8H2,1-2H3/q+1. The maximum atomic E-state index is 2.44. The molecule has 1 aliphatic carbocycles. The second-order valence-electron chi connectivity index (χ2n) is 3.24. The highest BCUT2D eigenvalue weighted by atomic mass is 32.2. The molecule has 0 bridgehead atoms. The fraction of sp³-hybridized carbons (Fsp3) is 1.00. The van der Waals surface area contributed by atoms with E-state index in [-0.39, 0.29) is 0 Å². The van der Waals surface area contributed by atoms with Gasteiger partial charge in [-0.2, -0.15) is 0 Å². The lowest BCUT2D eigenvalue weighted by molar-refractivity contribution is 0.513. The summed E-state index contributed by atoms with van der Waals surface area (Å²) in [7, 11) is 0.737. The highest BCUT2D eigenvalue weighted by Crippen LogP contribution is 2.23. The predicted molar refractivity (Wildman–Crippen MR) is 50.7 cm³/mol. The first-order chi connectivity index (χ1) is 4.84. The fourth-order valence-corrected chi connectivity index (χ4v) is 3.31. The molecular formula is C9H19S+. The van der Waals surface area contributed by atoms with E-state index in [4.69, 9.17) is 0 Å². The quantitative estimate of drug-likeness (QED) is 0.543. The first-order valence-corrected chi connectivity index (χ1v) is 6.32. The van der Waals surface area contributed by atoms with Crippen LogP contribution in [0, 0.1) is 0 Å². The van der Waals surface area contributed by atoms with E-state index in [9.17, 15) is 0 Å². The lowest BCUT2D eigenvalue weighted by atomic mass is 10.0. The van der Waals surface area contributed by atoms with Crippen molar-refractivity contribution in [2.75, 3.05) is 12.0 Å². The van der Waals surface area contributed by atoms with Gasteiger partial charge in [-0.1, -0.05) is 6.42 Å². The van der Waals surface area contributed by atoms with Gasteiger partial charge in [0.05, 0.1) is 6.26 Å². The summed E-state index contributed by atoms with van der Waals surface area (Å²) in [4.78, 5) is 0. The van der Waals surface area contributed by atoms with Crippen molar-refractivity contribution >= 4 is 10.9 Å². The number of hydrogen-bond acceptors (Lipinski definition) is 0. The predicted octanol–water partition coefficient (Wildman–Crippen LogP) is 2.59. The Morgan fingerprint density at radius 2 is 1.80 bits per heavy atom. The van der Waals surface area contributed by atoms with Crippen LogP contribution >= 0.6 is 0 Å². The van der Waals surface area contributed by atoms with Crippen molar-refractivity contribution in [2.24, 2.45) is 0 Å². The first kappa shape index (κ1) is 8.45. The van der Waals surface area contributed by atoms with Crippen LogP contribution in [0.5, 0.6) is 0 Å². The van der Waals surface area contributed by atoms with Gasteiger partial charge in [0.2, 0.25) is 0 Å². The van der Waals surface area contributed by atoms with E-state index in [1.165, 1.54) is 37.9 Å². The summed E-state index contributed by atoms with van der Waals surface area (Å²) in [5.41, 5.74) is 0. The van der Waals surface area contributed by atoms with Gasteiger partial charge in [-0.25, -0.2) is 0 Å². The molecule has 0 nitrogen and oxygen atoms in total. The zero-order valence-electron chi connectivity index (χ0n) is 7.23. The molecule has 0 amide bonds. The van der Waals surface area contributed by atoms with Crippen LogP contribution in [0.4, 0.5) is 0 Å². The smallest absolute Gasteiger partial charge is 0.0529 e. The van der Waals surface area contributed by atoms with Crippen molar-refractivity contribution in [3.63, 3.8) is 0 Å². The Kier molecular flexibility index (Phi) is 3.61. The van der Waals surface area contributed by atoms with Gasteiger partial charge in [0.15, 0.2) is 0 Å². The number of rotatable bonds is 2. The third-order valence-electron chi connectivity index (χ3n) is 2.58. The summed E-state index contributed by atoms with van der Waals surface area (Å²) in [6.45, 7) is 2.33. The molecule has 0 saturated heterocycles. The minimum absolute atomic E-state index is 0.737. The largest absolute Gasteiger partial charge is 0.118 e. The Morgan fingerprint density at radius 3 is 2.30 bits per heavy atom. The van der Waals surface area contributed by atoms with Crippen LogP contribution in [-0.4, -0.2) is 17.3 Å². The molecule has 0 spiro atoms. The molecule has 1 rings (SSSR count). The van der Waals surface area contributed by atoms with Crippen molar-refractivity contribution < 1.29 is 0 Å². The fourth-order valence-electron chi connectivity index (χ4n) is 1.70. The molecular weight excluding hydrogens is 140 g/mol. The minimum atomic E-state index is 0.737. The summed E-state index contributed by atoms with van der Waals surface area (Å²) in [5, 5.41) is 1.10. The third-order valence-corrected chi connectivity index (χ3v) is 5.10. The van der Waals surface area contributed by atoms with Crippen molar-refractivity contribution in [1.82, 2.24) is 0 Å². The molecule has 0 aromatic rings. The van der Waals surface area contributed by atoms with Gasteiger partial charge in [0.1, 0.15) is 11.0 Å².